The highest BCUT2D eigenvalue weighted by Crippen LogP contribution is 2.32. The van der Waals surface area contributed by atoms with Crippen molar-refractivity contribution in [2.45, 2.75) is 31.1 Å². The molecule has 1 aliphatic rings. The Morgan fingerprint density at radius 1 is 1.41 bits per heavy atom. The Kier molecular flexibility index (Phi) is 7.33. The number of carbonyl (C=O) groups is 1. The summed E-state index contributed by atoms with van der Waals surface area (Å²) in [6.45, 7) is -0.241. The summed E-state index contributed by atoms with van der Waals surface area (Å²) in [6.07, 6.45) is 1.47. The monoisotopic (exact) mass is 528 g/mol. The molecule has 34 heavy (non-hydrogen) atoms. The molecule has 14 heteroatoms. The molecule has 182 valence electrons. The molecule has 4 rings (SSSR count). The van der Waals surface area contributed by atoms with Crippen LogP contribution in [0.1, 0.15) is 45.5 Å². The van der Waals surface area contributed by atoms with E-state index in [1.807, 2.05) is 0 Å². The number of carbonyl (C=O) groups excluding carboxylic acids is 1. The molecule has 1 aliphatic carbocycles. The fourth-order valence-corrected chi connectivity index (χ4v) is 5.17. The molecule has 0 bridgehead atoms. The first-order valence-electron chi connectivity index (χ1n) is 10.1. The number of thiophene rings is 1. The van der Waals surface area contributed by atoms with E-state index in [0.29, 0.717) is 23.3 Å². The lowest BCUT2D eigenvalue weighted by molar-refractivity contribution is 0.101. The predicted molar refractivity (Wildman–Crippen MR) is 123 cm³/mol. The summed E-state index contributed by atoms with van der Waals surface area (Å²) in [7, 11) is -4.11. The Bertz CT molecular complexity index is 1280. The molecule has 1 fully saturated rings. The van der Waals surface area contributed by atoms with Crippen molar-refractivity contribution in [3.63, 3.8) is 0 Å². The molecule has 0 saturated heterocycles. The number of aliphatic hydroxyl groups excluding tert-OH is 2. The lowest BCUT2D eigenvalue weighted by Crippen LogP contribution is -2.24. The zero-order valence-electron chi connectivity index (χ0n) is 17.5. The number of aromatic nitrogens is 2. The molecule has 0 amide bonds. The largest absolute Gasteiger partial charge is 0.447 e. The van der Waals surface area contributed by atoms with Crippen molar-refractivity contribution < 1.29 is 32.0 Å². The smallest absolute Gasteiger partial charge is 0.333 e. The number of furan rings is 1. The Labute approximate surface area is 203 Å². The fourth-order valence-electron chi connectivity index (χ4n) is 3.77. The third kappa shape index (κ3) is 5.81. The van der Waals surface area contributed by atoms with E-state index < -0.39 is 28.4 Å². The molecular weight excluding hydrogens is 508 g/mol. The van der Waals surface area contributed by atoms with Crippen LogP contribution in [0.4, 0.5) is 5.82 Å². The lowest BCUT2D eigenvalue weighted by atomic mass is 10.1. The third-order valence-corrected chi connectivity index (χ3v) is 7.04. The van der Waals surface area contributed by atoms with Crippen LogP contribution in [0.3, 0.4) is 0 Å². The van der Waals surface area contributed by atoms with Crippen molar-refractivity contribution in [1.29, 1.82) is 0 Å². The minimum Gasteiger partial charge on any atom is -0.447 e. The van der Waals surface area contributed by atoms with Gasteiger partial charge >= 0.3 is 10.3 Å². The molecule has 0 spiro atoms. The average molecular weight is 529 g/mol. The molecule has 3 heterocycles. The SMILES string of the molecule is NS(=O)(=O)OC[C@H]1C[C@@H](Nc2ncncc2C(=O)c2cc([C@H](O)c3ccc(Cl)o3)cs2)C[C@@H]1O. The number of nitrogens with two attached hydrogens (primary N) is 1. The van der Waals surface area contributed by atoms with E-state index in [1.54, 1.807) is 17.5 Å². The van der Waals surface area contributed by atoms with Gasteiger partial charge in [-0.1, -0.05) is 0 Å². The molecular formula is C20H21ClN4O7S2. The first-order valence-corrected chi connectivity index (χ1v) is 12.8. The fraction of sp³-hybridized carbons (Fsp3) is 0.350. The zero-order valence-corrected chi connectivity index (χ0v) is 19.9. The average Bonchev–Trinajstić information content (AvgIpc) is 3.51. The molecule has 0 radical (unpaired) electrons. The molecule has 1 saturated carbocycles. The minimum absolute atomic E-state index is 0.146. The number of nitrogens with zero attached hydrogens (tertiary/aromatic N) is 2. The third-order valence-electron chi connectivity index (χ3n) is 5.42. The molecule has 3 aromatic rings. The van der Waals surface area contributed by atoms with Gasteiger partial charge < -0.3 is 19.9 Å². The van der Waals surface area contributed by atoms with Gasteiger partial charge in [0.2, 0.25) is 5.78 Å². The molecule has 4 atom stereocenters. The first-order chi connectivity index (χ1) is 16.1. The number of aliphatic hydroxyl groups is 2. The number of halogens is 1. The van der Waals surface area contributed by atoms with E-state index in [4.69, 9.17) is 21.2 Å². The Morgan fingerprint density at radius 2 is 2.21 bits per heavy atom. The summed E-state index contributed by atoms with van der Waals surface area (Å²) < 4.78 is 31.9. The van der Waals surface area contributed by atoms with E-state index >= 15 is 0 Å². The van der Waals surface area contributed by atoms with Gasteiger partial charge in [0.25, 0.3) is 0 Å². The summed E-state index contributed by atoms with van der Waals surface area (Å²) in [5.74, 6) is -0.267. The number of rotatable bonds is 9. The van der Waals surface area contributed by atoms with Crippen LogP contribution in [0.2, 0.25) is 5.22 Å². The van der Waals surface area contributed by atoms with E-state index in [-0.39, 0.29) is 40.8 Å². The van der Waals surface area contributed by atoms with Crippen LogP contribution in [0.5, 0.6) is 0 Å². The topological polar surface area (TPSA) is 178 Å². The highest BCUT2D eigenvalue weighted by Gasteiger charge is 2.35. The van der Waals surface area contributed by atoms with Gasteiger partial charge in [0.15, 0.2) is 5.22 Å². The number of anilines is 1. The van der Waals surface area contributed by atoms with Crippen LogP contribution in [0.15, 0.2) is 40.5 Å². The van der Waals surface area contributed by atoms with Crippen molar-refractivity contribution in [1.82, 2.24) is 9.97 Å². The van der Waals surface area contributed by atoms with Crippen LogP contribution in [0, 0.1) is 5.92 Å². The zero-order chi connectivity index (χ0) is 24.5. The maximum absolute atomic E-state index is 13.2. The van der Waals surface area contributed by atoms with Gasteiger partial charge in [0.1, 0.15) is 24.0 Å². The van der Waals surface area contributed by atoms with E-state index in [9.17, 15) is 23.4 Å². The molecule has 0 unspecified atom stereocenters. The molecule has 0 aromatic carbocycles. The van der Waals surface area contributed by atoms with Crippen molar-refractivity contribution in [2.75, 3.05) is 11.9 Å². The summed E-state index contributed by atoms with van der Waals surface area (Å²) in [6, 6.07) is 4.35. The lowest BCUT2D eigenvalue weighted by Gasteiger charge is -2.15. The Balaban J connectivity index is 1.46. The number of hydrogen-bond acceptors (Lipinski definition) is 11. The second-order valence-electron chi connectivity index (χ2n) is 7.82. The quantitative estimate of drug-likeness (QED) is 0.299. The van der Waals surface area contributed by atoms with Crippen LogP contribution in [0.25, 0.3) is 0 Å². The highest BCUT2D eigenvalue weighted by atomic mass is 35.5. The van der Waals surface area contributed by atoms with Crippen molar-refractivity contribution >= 4 is 44.8 Å². The number of ketones is 1. The van der Waals surface area contributed by atoms with Gasteiger partial charge in [-0.2, -0.15) is 8.42 Å². The molecule has 11 nitrogen and oxygen atoms in total. The standard InChI is InChI=1S/C20H21ClN4O7S2/c21-17-2-1-15(32-17)18(27)11-4-16(33-8-11)19(28)13-6-23-9-24-20(13)25-12-3-10(14(26)5-12)7-31-34(22,29)30/h1-2,4,6,8-10,12,14,18,26-27H,3,5,7H2,(H2,22,29,30)(H,23,24,25)/t10-,12-,14+,18+/m1/s1. The van der Waals surface area contributed by atoms with Gasteiger partial charge in [-0.05, 0) is 53.6 Å². The Hall–Kier alpha value is -2.39. The van der Waals surface area contributed by atoms with Gasteiger partial charge in [-0.25, -0.2) is 15.1 Å². The summed E-state index contributed by atoms with van der Waals surface area (Å²) >= 11 is 6.92. The summed E-state index contributed by atoms with van der Waals surface area (Å²) in [4.78, 5) is 21.6. The van der Waals surface area contributed by atoms with E-state index in [2.05, 4.69) is 19.5 Å². The molecule has 3 aromatic heterocycles. The molecule has 0 aliphatic heterocycles. The predicted octanol–water partition coefficient (Wildman–Crippen LogP) is 1.87. The second kappa shape index (κ2) is 10.1. The van der Waals surface area contributed by atoms with Gasteiger partial charge in [0.05, 0.1) is 23.2 Å². The normalized spacial score (nSPS) is 21.5. The van der Waals surface area contributed by atoms with E-state index in [0.717, 1.165) is 11.3 Å². The highest BCUT2D eigenvalue weighted by molar-refractivity contribution is 7.84. The van der Waals surface area contributed by atoms with Crippen LogP contribution in [-0.2, 0) is 14.5 Å². The van der Waals surface area contributed by atoms with E-state index in [1.165, 1.54) is 18.6 Å². The maximum atomic E-state index is 13.2. The second-order valence-corrected chi connectivity index (χ2v) is 10.3. The maximum Gasteiger partial charge on any atom is 0.333 e. The van der Waals surface area contributed by atoms with Gasteiger partial charge in [0, 0.05) is 18.2 Å². The van der Waals surface area contributed by atoms with Crippen LogP contribution < -0.4 is 10.5 Å². The van der Waals surface area contributed by atoms with Crippen LogP contribution in [-0.4, -0.2) is 53.1 Å². The number of hydrogen-bond donors (Lipinski definition) is 4. The van der Waals surface area contributed by atoms with Crippen molar-refractivity contribution in [3.8, 4) is 0 Å². The Morgan fingerprint density at radius 3 is 2.91 bits per heavy atom. The van der Waals surface area contributed by atoms with Crippen molar-refractivity contribution in [3.05, 3.63) is 63.1 Å². The summed E-state index contributed by atoms with van der Waals surface area (Å²) in [5.41, 5.74) is 0.687. The van der Waals surface area contributed by atoms with Gasteiger partial charge in [-0.3, -0.25) is 8.98 Å². The number of nitrogens with one attached hydrogen (secondary N) is 1. The van der Waals surface area contributed by atoms with Gasteiger partial charge in [-0.15, -0.1) is 11.3 Å². The minimum atomic E-state index is -4.11. The van der Waals surface area contributed by atoms with Crippen molar-refractivity contribution in [2.24, 2.45) is 11.1 Å². The summed E-state index contributed by atoms with van der Waals surface area (Å²) in [5, 5.41) is 30.5. The molecule has 5 N–H and O–H groups in total. The first kappa shape index (κ1) is 24.7. The van der Waals surface area contributed by atoms with Crippen LogP contribution >= 0.6 is 22.9 Å².